The van der Waals surface area contributed by atoms with Crippen LogP contribution in [0.4, 0.5) is 0 Å². The molecule has 4 saturated carbocycles. The van der Waals surface area contributed by atoms with E-state index >= 15 is 0 Å². The van der Waals surface area contributed by atoms with Gasteiger partial charge in [0.1, 0.15) is 6.04 Å². The summed E-state index contributed by atoms with van der Waals surface area (Å²) in [5, 5.41) is 15.8. The molecule has 4 bridgehead atoms. The third kappa shape index (κ3) is 6.98. The number of carboxylic acids is 1. The fourth-order valence-corrected chi connectivity index (χ4v) is 8.12. The van der Waals surface area contributed by atoms with E-state index in [1.807, 2.05) is 49.6 Å². The Labute approximate surface area is 255 Å². The van der Waals surface area contributed by atoms with Gasteiger partial charge in [0, 0.05) is 17.5 Å². The molecule has 2 aromatic carbocycles. The summed E-state index contributed by atoms with van der Waals surface area (Å²) in [6.45, 7) is 2.00. The van der Waals surface area contributed by atoms with Crippen LogP contribution < -0.4 is 29.5 Å². The van der Waals surface area contributed by atoms with Crippen LogP contribution in [0, 0.1) is 24.7 Å². The van der Waals surface area contributed by atoms with Crippen molar-refractivity contribution in [3.63, 3.8) is 0 Å². The summed E-state index contributed by atoms with van der Waals surface area (Å²) >= 11 is 1.55. The summed E-state index contributed by atoms with van der Waals surface area (Å²) in [5.41, 5.74) is 4.17. The number of aryl methyl sites for hydroxylation is 2. The average Bonchev–Trinajstić information content (AvgIpc) is 2.88. The van der Waals surface area contributed by atoms with Crippen LogP contribution in [0.25, 0.3) is 11.1 Å². The fourth-order valence-electron chi connectivity index (χ4n) is 7.65. The number of nitrogens with one attached hydrogen (secondary N) is 2. The van der Waals surface area contributed by atoms with Gasteiger partial charge in [0.15, 0.2) is 0 Å². The maximum atomic E-state index is 13.3. The predicted molar refractivity (Wildman–Crippen MR) is 157 cm³/mol. The molecule has 4 aliphatic carbocycles. The van der Waals surface area contributed by atoms with Crippen LogP contribution in [0.15, 0.2) is 42.5 Å². The zero-order chi connectivity index (χ0) is 27.6. The molecule has 1 atom stereocenters. The van der Waals surface area contributed by atoms with E-state index in [9.17, 15) is 19.5 Å². The first-order chi connectivity index (χ1) is 18.7. The van der Waals surface area contributed by atoms with Gasteiger partial charge in [-0.1, -0.05) is 36.4 Å². The summed E-state index contributed by atoms with van der Waals surface area (Å²) < 4.78 is 0. The molecule has 6 nitrogen and oxygen atoms in total. The van der Waals surface area contributed by atoms with Crippen LogP contribution in [0.1, 0.15) is 74.3 Å². The molecular formula is C32H41LiN2O4S. The van der Waals surface area contributed by atoms with Gasteiger partial charge in [-0.3, -0.25) is 9.59 Å². The number of carbonyl (C=O) groups excluding carboxylic acids is 2. The summed E-state index contributed by atoms with van der Waals surface area (Å²) in [4.78, 5) is 38.2. The number of aliphatic carboxylic acids is 1. The molecule has 0 heterocycles. The molecule has 40 heavy (non-hydrogen) atoms. The number of rotatable bonds is 11. The van der Waals surface area contributed by atoms with Crippen molar-refractivity contribution in [3.8, 4) is 11.1 Å². The Morgan fingerprint density at radius 1 is 1.02 bits per heavy atom. The average molecular weight is 557 g/mol. The fraction of sp³-hybridized carbons (Fsp3) is 0.531. The number of carboxylic acid groups (broad SMARTS) is 1. The van der Waals surface area contributed by atoms with Gasteiger partial charge in [-0.25, -0.2) is 4.79 Å². The van der Waals surface area contributed by atoms with Crippen molar-refractivity contribution in [1.82, 2.24) is 10.6 Å². The quantitative estimate of drug-likeness (QED) is 0.370. The van der Waals surface area contributed by atoms with Gasteiger partial charge in [0.25, 0.3) is 5.91 Å². The van der Waals surface area contributed by atoms with Gasteiger partial charge in [0.05, 0.1) is 0 Å². The Kier molecular flexibility index (Phi) is 10.1. The number of hydrogen-bond donors (Lipinski definition) is 3. The molecule has 2 aromatic rings. The van der Waals surface area contributed by atoms with Crippen LogP contribution in [0.2, 0.25) is 0 Å². The monoisotopic (exact) mass is 556 g/mol. The van der Waals surface area contributed by atoms with E-state index in [1.165, 1.54) is 19.3 Å². The first-order valence-corrected chi connectivity index (χ1v) is 15.7. The molecule has 0 aliphatic heterocycles. The van der Waals surface area contributed by atoms with Crippen molar-refractivity contribution in [3.05, 3.63) is 59.2 Å². The largest absolute Gasteiger partial charge is 1.00 e. The van der Waals surface area contributed by atoms with Crippen molar-refractivity contribution >= 4 is 29.5 Å². The molecule has 0 radical (unpaired) electrons. The maximum Gasteiger partial charge on any atom is 1.00 e. The maximum absolute atomic E-state index is 13.3. The second-order valence-electron chi connectivity index (χ2n) is 12.1. The van der Waals surface area contributed by atoms with Crippen molar-refractivity contribution in [2.75, 3.05) is 12.0 Å². The third-order valence-electron chi connectivity index (χ3n) is 9.06. The number of amides is 2. The van der Waals surface area contributed by atoms with E-state index < -0.39 is 17.9 Å². The summed E-state index contributed by atoms with van der Waals surface area (Å²) in [7, 11) is 0. The van der Waals surface area contributed by atoms with E-state index in [1.54, 1.807) is 17.8 Å². The van der Waals surface area contributed by atoms with Crippen LogP contribution in [-0.2, 0) is 16.0 Å². The Morgan fingerprint density at radius 3 is 2.27 bits per heavy atom. The van der Waals surface area contributed by atoms with E-state index in [0.717, 1.165) is 59.3 Å². The standard InChI is InChI=1S/C32H40N2O4S.Li.H/c1-20-5-3-4-6-25(20)27-16-21(7-9-26(27)30(36)33-28(31(37)38)11-12-39-2)8-10-29(35)34-32-17-22-13-23(18-32)15-24(14-22)19-32;;/h3-7,9,16,22-24,28H,8,10-15,17-19H2,1-2H3,(H,33,36)(H,34,35)(H,37,38);;/q;+1;-1/t22?,23?,24?,28-,32?;;/m0../s1. The zero-order valence-corrected chi connectivity index (χ0v) is 24.8. The molecule has 3 N–H and O–H groups in total. The molecule has 0 aromatic heterocycles. The molecule has 4 fully saturated rings. The number of thioether (sulfide) groups is 1. The first kappa shape index (κ1) is 30.7. The minimum Gasteiger partial charge on any atom is -1.00 e. The van der Waals surface area contributed by atoms with E-state index in [0.29, 0.717) is 30.6 Å². The Morgan fingerprint density at radius 2 is 1.68 bits per heavy atom. The molecular weight excluding hydrogens is 515 g/mol. The van der Waals surface area contributed by atoms with Gasteiger partial charge in [-0.15, -0.1) is 0 Å². The number of benzene rings is 2. The van der Waals surface area contributed by atoms with Crippen LogP contribution in [0.3, 0.4) is 0 Å². The van der Waals surface area contributed by atoms with Gasteiger partial charge >= 0.3 is 24.8 Å². The van der Waals surface area contributed by atoms with Gasteiger partial charge in [-0.2, -0.15) is 11.8 Å². The Balaban J connectivity index is 0.00000231. The summed E-state index contributed by atoms with van der Waals surface area (Å²) in [6, 6.07) is 12.6. The predicted octanol–water partition coefficient (Wildman–Crippen LogP) is 2.73. The smallest absolute Gasteiger partial charge is 1.00 e. The SMILES string of the molecule is CSCC[C@H](NC(=O)c1ccc(CCC(=O)NC23CC4CC(CC(C4)C2)C3)cc1-c1ccccc1C)C(=O)O.[H-].[Li+]. The van der Waals surface area contributed by atoms with E-state index in [2.05, 4.69) is 10.6 Å². The van der Waals surface area contributed by atoms with Gasteiger partial charge in [-0.05, 0) is 116 Å². The first-order valence-electron chi connectivity index (χ1n) is 14.3. The summed E-state index contributed by atoms with van der Waals surface area (Å²) in [5.74, 6) is 1.69. The Bertz CT molecular complexity index is 1220. The minimum atomic E-state index is -1.03. The van der Waals surface area contributed by atoms with Crippen molar-refractivity contribution in [2.24, 2.45) is 17.8 Å². The van der Waals surface area contributed by atoms with Gasteiger partial charge < -0.3 is 17.2 Å². The molecule has 8 heteroatoms. The van der Waals surface area contributed by atoms with Crippen molar-refractivity contribution in [2.45, 2.75) is 76.3 Å². The topological polar surface area (TPSA) is 95.5 Å². The molecule has 4 aliphatic rings. The molecule has 0 spiro atoms. The normalized spacial score (nSPS) is 25.1. The summed E-state index contributed by atoms with van der Waals surface area (Å²) in [6.07, 6.45) is 10.7. The van der Waals surface area contributed by atoms with Crippen LogP contribution in [0.5, 0.6) is 0 Å². The van der Waals surface area contributed by atoms with Gasteiger partial charge in [0.2, 0.25) is 5.91 Å². The molecule has 6 rings (SSSR count). The van der Waals surface area contributed by atoms with E-state index in [-0.39, 0.29) is 31.7 Å². The zero-order valence-electron chi connectivity index (χ0n) is 25.0. The number of carbonyl (C=O) groups is 3. The minimum absolute atomic E-state index is 0. The van der Waals surface area contributed by atoms with Crippen molar-refractivity contribution < 1.29 is 39.8 Å². The Hall–Kier alpha value is -2.20. The second-order valence-corrected chi connectivity index (χ2v) is 13.1. The van der Waals surface area contributed by atoms with E-state index in [4.69, 9.17) is 0 Å². The van der Waals surface area contributed by atoms with Crippen LogP contribution >= 0.6 is 11.8 Å². The third-order valence-corrected chi connectivity index (χ3v) is 9.71. The second kappa shape index (κ2) is 13.2. The van der Waals surface area contributed by atoms with Crippen molar-refractivity contribution in [1.29, 1.82) is 0 Å². The number of hydrogen-bond acceptors (Lipinski definition) is 4. The van der Waals surface area contributed by atoms with Crippen LogP contribution in [-0.4, -0.2) is 46.5 Å². The molecule has 0 unspecified atom stereocenters. The molecule has 2 amide bonds. The molecule has 210 valence electrons. The molecule has 0 saturated heterocycles.